The van der Waals surface area contributed by atoms with Crippen LogP contribution in [0.15, 0.2) is 24.5 Å². The molecule has 7 heteroatoms. The summed E-state index contributed by atoms with van der Waals surface area (Å²) in [6.45, 7) is 4.12. The number of hydroxylamine groups is 2. The molecule has 3 aliphatic rings. The molecule has 0 aromatic carbocycles. The van der Waals surface area contributed by atoms with Gasteiger partial charge in [0.1, 0.15) is 5.66 Å². The standard InChI is InChI=1S/C16H25N3O4/c1-2-16(13-7-3-5-10-18(13)15(20)21)17-9-11-19(16)23-14-8-4-6-12-22-14/h4,6,8,12-14,17H,2-3,5,7,9-11H2,1H3,(H,20,21). The molecule has 0 bridgehead atoms. The summed E-state index contributed by atoms with van der Waals surface area (Å²) >= 11 is 0. The molecule has 3 unspecified atom stereocenters. The van der Waals surface area contributed by atoms with Crippen LogP contribution in [0.1, 0.15) is 32.6 Å². The minimum absolute atomic E-state index is 0.121. The molecule has 3 rings (SSSR count). The second kappa shape index (κ2) is 6.90. The molecule has 2 N–H and O–H groups in total. The zero-order valence-electron chi connectivity index (χ0n) is 13.5. The Hall–Kier alpha value is -1.57. The van der Waals surface area contributed by atoms with Crippen LogP contribution in [0, 0.1) is 0 Å². The van der Waals surface area contributed by atoms with Crippen molar-refractivity contribution in [2.24, 2.45) is 0 Å². The van der Waals surface area contributed by atoms with E-state index in [1.165, 1.54) is 0 Å². The molecule has 0 saturated carbocycles. The fraction of sp³-hybridized carbons (Fsp3) is 0.688. The number of nitrogens with zero attached hydrogens (tertiary/aromatic N) is 2. The van der Waals surface area contributed by atoms with E-state index in [4.69, 9.17) is 9.57 Å². The fourth-order valence-electron chi connectivity index (χ4n) is 3.84. The molecule has 0 aromatic rings. The van der Waals surface area contributed by atoms with Crippen molar-refractivity contribution in [3.05, 3.63) is 24.5 Å². The summed E-state index contributed by atoms with van der Waals surface area (Å²) in [4.78, 5) is 19.3. The molecule has 23 heavy (non-hydrogen) atoms. The fourth-order valence-corrected chi connectivity index (χ4v) is 3.84. The highest BCUT2D eigenvalue weighted by Crippen LogP contribution is 2.35. The van der Waals surface area contributed by atoms with Crippen LogP contribution in [-0.4, -0.2) is 58.8 Å². The number of nitrogens with one attached hydrogen (secondary N) is 1. The van der Waals surface area contributed by atoms with Gasteiger partial charge >= 0.3 is 6.09 Å². The Bertz CT molecular complexity index is 496. The second-order valence-electron chi connectivity index (χ2n) is 6.12. The number of carbonyl (C=O) groups is 1. The van der Waals surface area contributed by atoms with Gasteiger partial charge in [0.15, 0.2) is 0 Å². The van der Waals surface area contributed by atoms with Crippen molar-refractivity contribution in [3.63, 3.8) is 0 Å². The van der Waals surface area contributed by atoms with Gasteiger partial charge in [-0.1, -0.05) is 13.0 Å². The van der Waals surface area contributed by atoms with Gasteiger partial charge in [-0.2, -0.15) is 5.06 Å². The topological polar surface area (TPSA) is 74.3 Å². The number of likely N-dealkylation sites (tertiary alicyclic amines) is 1. The highest BCUT2D eigenvalue weighted by molar-refractivity contribution is 5.65. The summed E-state index contributed by atoms with van der Waals surface area (Å²) in [5.41, 5.74) is -0.503. The van der Waals surface area contributed by atoms with E-state index in [1.54, 1.807) is 11.2 Å². The minimum atomic E-state index is -0.854. The van der Waals surface area contributed by atoms with Gasteiger partial charge in [0.2, 0.25) is 6.29 Å². The third-order valence-corrected chi connectivity index (χ3v) is 4.93. The van der Waals surface area contributed by atoms with Crippen molar-refractivity contribution in [1.82, 2.24) is 15.3 Å². The Labute approximate surface area is 136 Å². The zero-order chi connectivity index (χ0) is 16.3. The molecule has 3 heterocycles. The smallest absolute Gasteiger partial charge is 0.407 e. The summed E-state index contributed by atoms with van der Waals surface area (Å²) in [6, 6.07) is -0.121. The number of rotatable bonds is 4. The van der Waals surface area contributed by atoms with Crippen molar-refractivity contribution in [1.29, 1.82) is 0 Å². The number of hydrogen-bond donors (Lipinski definition) is 2. The molecule has 128 valence electrons. The van der Waals surface area contributed by atoms with Gasteiger partial charge in [-0.05, 0) is 37.8 Å². The Morgan fingerprint density at radius 1 is 1.43 bits per heavy atom. The van der Waals surface area contributed by atoms with Crippen molar-refractivity contribution in [3.8, 4) is 0 Å². The summed E-state index contributed by atoms with van der Waals surface area (Å²) < 4.78 is 5.45. The van der Waals surface area contributed by atoms with E-state index < -0.39 is 18.0 Å². The number of ether oxygens (including phenoxy) is 1. The van der Waals surface area contributed by atoms with Crippen molar-refractivity contribution in [2.75, 3.05) is 19.6 Å². The average molecular weight is 323 g/mol. The summed E-state index contributed by atoms with van der Waals surface area (Å²) in [6.07, 6.45) is 9.37. The second-order valence-corrected chi connectivity index (χ2v) is 6.12. The lowest BCUT2D eigenvalue weighted by atomic mass is 9.88. The molecular weight excluding hydrogens is 298 g/mol. The Morgan fingerprint density at radius 2 is 2.30 bits per heavy atom. The Morgan fingerprint density at radius 3 is 3.00 bits per heavy atom. The summed E-state index contributed by atoms with van der Waals surface area (Å²) in [5, 5.41) is 15.0. The van der Waals surface area contributed by atoms with Gasteiger partial charge in [0, 0.05) is 19.6 Å². The van der Waals surface area contributed by atoms with Gasteiger partial charge in [-0.15, -0.1) is 0 Å². The lowest BCUT2D eigenvalue weighted by Crippen LogP contribution is -2.67. The first-order chi connectivity index (χ1) is 11.2. The van der Waals surface area contributed by atoms with E-state index in [2.05, 4.69) is 12.2 Å². The van der Waals surface area contributed by atoms with E-state index in [1.807, 2.05) is 23.3 Å². The van der Waals surface area contributed by atoms with Gasteiger partial charge in [-0.25, -0.2) is 9.63 Å². The molecule has 0 aliphatic carbocycles. The maximum Gasteiger partial charge on any atom is 0.407 e. The molecular formula is C16H25N3O4. The molecule has 7 nitrogen and oxygen atoms in total. The van der Waals surface area contributed by atoms with Crippen molar-refractivity contribution >= 4 is 6.09 Å². The molecule has 0 radical (unpaired) electrons. The molecule has 3 aliphatic heterocycles. The molecule has 0 aromatic heterocycles. The average Bonchev–Trinajstić information content (AvgIpc) is 2.99. The number of hydrogen-bond acceptors (Lipinski definition) is 5. The first-order valence-corrected chi connectivity index (χ1v) is 8.35. The molecule has 2 fully saturated rings. The van der Waals surface area contributed by atoms with Crippen LogP contribution in [0.2, 0.25) is 0 Å². The minimum Gasteiger partial charge on any atom is -0.467 e. The lowest BCUT2D eigenvalue weighted by molar-refractivity contribution is -0.290. The largest absolute Gasteiger partial charge is 0.467 e. The zero-order valence-corrected chi connectivity index (χ0v) is 13.5. The predicted octanol–water partition coefficient (Wildman–Crippen LogP) is 1.89. The highest BCUT2D eigenvalue weighted by Gasteiger charge is 2.51. The number of allylic oxidation sites excluding steroid dienone is 2. The Balaban J connectivity index is 1.80. The summed E-state index contributed by atoms with van der Waals surface area (Å²) in [7, 11) is 0. The van der Waals surface area contributed by atoms with Crippen LogP contribution in [-0.2, 0) is 9.57 Å². The van der Waals surface area contributed by atoms with E-state index in [9.17, 15) is 9.90 Å². The first-order valence-electron chi connectivity index (χ1n) is 8.35. The van der Waals surface area contributed by atoms with E-state index in [0.29, 0.717) is 13.1 Å². The Kier molecular flexibility index (Phi) is 4.89. The van der Waals surface area contributed by atoms with Crippen LogP contribution in [0.4, 0.5) is 4.79 Å². The SMILES string of the molecule is CCC1(C2CCCCN2C(=O)O)NCCN1OC1C=CC=CO1. The van der Waals surface area contributed by atoms with Crippen LogP contribution in [0.5, 0.6) is 0 Å². The van der Waals surface area contributed by atoms with Gasteiger partial charge in [0.05, 0.1) is 12.3 Å². The van der Waals surface area contributed by atoms with Crippen LogP contribution in [0.25, 0.3) is 0 Å². The third kappa shape index (κ3) is 3.08. The van der Waals surface area contributed by atoms with Crippen LogP contribution < -0.4 is 5.32 Å². The highest BCUT2D eigenvalue weighted by atomic mass is 16.8. The maximum absolute atomic E-state index is 11.7. The number of amides is 1. The van der Waals surface area contributed by atoms with E-state index in [0.717, 1.165) is 32.2 Å². The molecule has 3 atom stereocenters. The van der Waals surface area contributed by atoms with Crippen molar-refractivity contribution < 1.29 is 19.5 Å². The first kappa shape index (κ1) is 16.3. The molecule has 0 spiro atoms. The number of piperidine rings is 1. The lowest BCUT2D eigenvalue weighted by Gasteiger charge is -2.48. The quantitative estimate of drug-likeness (QED) is 0.823. The monoisotopic (exact) mass is 323 g/mol. The van der Waals surface area contributed by atoms with Crippen LogP contribution in [0.3, 0.4) is 0 Å². The maximum atomic E-state index is 11.7. The van der Waals surface area contributed by atoms with Gasteiger partial charge < -0.3 is 14.7 Å². The van der Waals surface area contributed by atoms with Gasteiger partial charge in [-0.3, -0.25) is 5.32 Å². The van der Waals surface area contributed by atoms with Crippen LogP contribution >= 0.6 is 0 Å². The number of carboxylic acid groups (broad SMARTS) is 1. The van der Waals surface area contributed by atoms with E-state index >= 15 is 0 Å². The van der Waals surface area contributed by atoms with Crippen molar-refractivity contribution in [2.45, 2.75) is 50.6 Å². The molecule has 2 saturated heterocycles. The van der Waals surface area contributed by atoms with E-state index in [-0.39, 0.29) is 6.04 Å². The normalized spacial score (nSPS) is 34.6. The predicted molar refractivity (Wildman–Crippen MR) is 84.3 cm³/mol. The summed E-state index contributed by atoms with van der Waals surface area (Å²) in [5.74, 6) is 0. The third-order valence-electron chi connectivity index (χ3n) is 4.93. The van der Waals surface area contributed by atoms with Gasteiger partial charge in [0.25, 0.3) is 0 Å². The molecule has 1 amide bonds.